The van der Waals surface area contributed by atoms with Gasteiger partial charge in [0.1, 0.15) is 6.33 Å². The topological polar surface area (TPSA) is 60.2 Å². The molecule has 1 aliphatic heterocycles. The molecule has 0 unspecified atom stereocenters. The number of para-hydroxylation sites is 1. The minimum Gasteiger partial charge on any atom is -0.378 e. The number of morpholine rings is 1. The van der Waals surface area contributed by atoms with Crippen LogP contribution in [0.1, 0.15) is 13.8 Å². The quantitative estimate of drug-likeness (QED) is 0.777. The van der Waals surface area contributed by atoms with Crippen molar-refractivity contribution in [2.45, 2.75) is 24.3 Å². The van der Waals surface area contributed by atoms with Crippen molar-refractivity contribution >= 4 is 17.7 Å². The second-order valence-electron chi connectivity index (χ2n) is 6.04. The summed E-state index contributed by atoms with van der Waals surface area (Å²) in [5, 5.41) is 8.80. The number of aromatic nitrogens is 3. The second-order valence-corrected chi connectivity index (χ2v) is 7.15. The summed E-state index contributed by atoms with van der Waals surface area (Å²) in [6.07, 6.45) is 1.69. The van der Waals surface area contributed by atoms with Gasteiger partial charge in [-0.05, 0) is 18.1 Å². The molecule has 24 heavy (non-hydrogen) atoms. The van der Waals surface area contributed by atoms with Gasteiger partial charge in [0.15, 0.2) is 5.16 Å². The molecular formula is C17H22N4O2S. The smallest absolute Gasteiger partial charge is 0.236 e. The SMILES string of the molecule is CC(C)[C@H](Sc1nncn1-c1ccccc1)C(=O)N1CCOCC1. The summed E-state index contributed by atoms with van der Waals surface area (Å²) >= 11 is 1.48. The second kappa shape index (κ2) is 7.81. The van der Waals surface area contributed by atoms with Crippen molar-refractivity contribution in [2.75, 3.05) is 26.3 Å². The molecule has 7 heteroatoms. The van der Waals surface area contributed by atoms with Gasteiger partial charge in [-0.1, -0.05) is 43.8 Å². The van der Waals surface area contributed by atoms with Crippen LogP contribution in [0.4, 0.5) is 0 Å². The number of rotatable bonds is 5. The van der Waals surface area contributed by atoms with Gasteiger partial charge >= 0.3 is 0 Å². The van der Waals surface area contributed by atoms with E-state index in [1.807, 2.05) is 39.8 Å². The van der Waals surface area contributed by atoms with Gasteiger partial charge in [-0.2, -0.15) is 0 Å². The zero-order valence-electron chi connectivity index (χ0n) is 14.0. The van der Waals surface area contributed by atoms with E-state index in [1.165, 1.54) is 11.8 Å². The lowest BCUT2D eigenvalue weighted by atomic mass is 10.1. The Labute approximate surface area is 146 Å². The van der Waals surface area contributed by atoms with E-state index in [1.54, 1.807) is 6.33 Å². The molecule has 0 radical (unpaired) electrons. The predicted octanol–water partition coefficient (Wildman–Crippen LogP) is 2.24. The highest BCUT2D eigenvalue weighted by Crippen LogP contribution is 2.30. The first-order valence-corrected chi connectivity index (χ1v) is 9.03. The third kappa shape index (κ3) is 3.79. The van der Waals surface area contributed by atoms with Gasteiger partial charge in [0.25, 0.3) is 0 Å². The number of carbonyl (C=O) groups is 1. The molecule has 0 aliphatic carbocycles. The zero-order valence-corrected chi connectivity index (χ0v) is 14.8. The van der Waals surface area contributed by atoms with Crippen LogP contribution in [0.3, 0.4) is 0 Å². The highest BCUT2D eigenvalue weighted by Gasteiger charge is 2.30. The van der Waals surface area contributed by atoms with Gasteiger partial charge in [-0.25, -0.2) is 0 Å². The summed E-state index contributed by atoms with van der Waals surface area (Å²) in [5.74, 6) is 0.354. The number of thioether (sulfide) groups is 1. The number of hydrogen-bond donors (Lipinski definition) is 0. The van der Waals surface area contributed by atoms with E-state index in [4.69, 9.17) is 4.74 Å². The maximum atomic E-state index is 12.9. The minimum atomic E-state index is -0.185. The molecule has 1 saturated heterocycles. The summed E-state index contributed by atoms with van der Waals surface area (Å²) < 4.78 is 7.27. The number of amides is 1. The number of nitrogens with zero attached hydrogens (tertiary/aromatic N) is 4. The average Bonchev–Trinajstić information content (AvgIpc) is 3.08. The fourth-order valence-electron chi connectivity index (χ4n) is 2.62. The number of benzene rings is 1. The van der Waals surface area contributed by atoms with E-state index in [0.29, 0.717) is 26.3 Å². The van der Waals surface area contributed by atoms with Crippen LogP contribution in [0, 0.1) is 5.92 Å². The lowest BCUT2D eigenvalue weighted by molar-refractivity contribution is -0.135. The monoisotopic (exact) mass is 346 g/mol. The Balaban J connectivity index is 1.79. The summed E-state index contributed by atoms with van der Waals surface area (Å²) in [4.78, 5) is 14.8. The van der Waals surface area contributed by atoms with Gasteiger partial charge in [-0.15, -0.1) is 10.2 Å². The van der Waals surface area contributed by atoms with Crippen molar-refractivity contribution in [1.29, 1.82) is 0 Å². The van der Waals surface area contributed by atoms with Crippen molar-refractivity contribution in [3.63, 3.8) is 0 Å². The molecule has 1 aromatic carbocycles. The van der Waals surface area contributed by atoms with E-state index in [0.717, 1.165) is 10.8 Å². The molecule has 1 aliphatic rings. The molecule has 0 bridgehead atoms. The Hall–Kier alpha value is -1.86. The number of hydrogen-bond acceptors (Lipinski definition) is 5. The zero-order chi connectivity index (χ0) is 16.9. The molecule has 0 N–H and O–H groups in total. The highest BCUT2D eigenvalue weighted by molar-refractivity contribution is 8.00. The standard InChI is InChI=1S/C17H22N4O2S/c1-13(2)15(16(22)20-8-10-23-11-9-20)24-17-19-18-12-21(17)14-6-4-3-5-7-14/h3-7,12-13,15H,8-11H2,1-2H3/t15-/m0/s1. The highest BCUT2D eigenvalue weighted by atomic mass is 32.2. The molecule has 2 heterocycles. The molecule has 0 spiro atoms. The Morgan fingerprint density at radius 1 is 1.21 bits per heavy atom. The first-order chi connectivity index (χ1) is 11.7. The van der Waals surface area contributed by atoms with Gasteiger partial charge in [0.2, 0.25) is 5.91 Å². The average molecular weight is 346 g/mol. The number of carbonyl (C=O) groups excluding carboxylic acids is 1. The molecule has 0 saturated carbocycles. The van der Waals surface area contributed by atoms with Crippen LogP contribution in [0.15, 0.2) is 41.8 Å². The van der Waals surface area contributed by atoms with Gasteiger partial charge < -0.3 is 9.64 Å². The van der Waals surface area contributed by atoms with Crippen molar-refractivity contribution < 1.29 is 9.53 Å². The molecule has 2 aromatic rings. The molecule has 1 amide bonds. The van der Waals surface area contributed by atoms with Crippen LogP contribution in [0.2, 0.25) is 0 Å². The lowest BCUT2D eigenvalue weighted by Gasteiger charge is -2.31. The van der Waals surface area contributed by atoms with Crippen LogP contribution >= 0.6 is 11.8 Å². The van der Waals surface area contributed by atoms with E-state index in [-0.39, 0.29) is 17.1 Å². The van der Waals surface area contributed by atoms with Crippen LogP contribution in [0.25, 0.3) is 5.69 Å². The van der Waals surface area contributed by atoms with Crippen molar-refractivity contribution in [3.05, 3.63) is 36.7 Å². The summed E-state index contributed by atoms with van der Waals surface area (Å²) in [6, 6.07) is 9.92. The molecule has 6 nitrogen and oxygen atoms in total. The Morgan fingerprint density at radius 2 is 1.92 bits per heavy atom. The Kier molecular flexibility index (Phi) is 5.52. The minimum absolute atomic E-state index is 0.154. The molecule has 1 fully saturated rings. The third-order valence-electron chi connectivity index (χ3n) is 3.95. The molecule has 128 valence electrons. The summed E-state index contributed by atoms with van der Waals surface area (Å²) in [5.41, 5.74) is 0.992. The summed E-state index contributed by atoms with van der Waals surface area (Å²) in [7, 11) is 0. The summed E-state index contributed by atoms with van der Waals surface area (Å²) in [6.45, 7) is 6.68. The van der Waals surface area contributed by atoms with Crippen LogP contribution < -0.4 is 0 Å². The fraction of sp³-hybridized carbons (Fsp3) is 0.471. The molecule has 1 atom stereocenters. The van der Waals surface area contributed by atoms with E-state index >= 15 is 0 Å². The van der Waals surface area contributed by atoms with Crippen molar-refractivity contribution in [3.8, 4) is 5.69 Å². The first kappa shape index (κ1) is 17.0. The molecular weight excluding hydrogens is 324 g/mol. The maximum Gasteiger partial charge on any atom is 0.236 e. The lowest BCUT2D eigenvalue weighted by Crippen LogP contribution is -2.46. The normalized spacial score (nSPS) is 16.4. The van der Waals surface area contributed by atoms with Crippen molar-refractivity contribution in [2.24, 2.45) is 5.92 Å². The van der Waals surface area contributed by atoms with E-state index in [9.17, 15) is 4.79 Å². The van der Waals surface area contributed by atoms with Gasteiger partial charge in [0, 0.05) is 18.8 Å². The molecule has 3 rings (SSSR count). The van der Waals surface area contributed by atoms with Gasteiger partial charge in [-0.3, -0.25) is 9.36 Å². The third-order valence-corrected chi connectivity index (χ3v) is 5.44. The number of ether oxygens (including phenoxy) is 1. The van der Waals surface area contributed by atoms with E-state index < -0.39 is 0 Å². The van der Waals surface area contributed by atoms with Crippen LogP contribution in [-0.4, -0.2) is 57.1 Å². The Morgan fingerprint density at radius 3 is 2.58 bits per heavy atom. The Bertz CT molecular complexity index is 668. The maximum absolute atomic E-state index is 12.9. The van der Waals surface area contributed by atoms with Gasteiger partial charge in [0.05, 0.1) is 18.5 Å². The fourth-order valence-corrected chi connectivity index (χ4v) is 3.73. The first-order valence-electron chi connectivity index (χ1n) is 8.15. The van der Waals surface area contributed by atoms with Crippen LogP contribution in [0.5, 0.6) is 0 Å². The van der Waals surface area contributed by atoms with Crippen molar-refractivity contribution in [1.82, 2.24) is 19.7 Å². The largest absolute Gasteiger partial charge is 0.378 e. The predicted molar refractivity (Wildman–Crippen MR) is 93.2 cm³/mol. The molecule has 1 aromatic heterocycles. The van der Waals surface area contributed by atoms with E-state index in [2.05, 4.69) is 24.0 Å². The van der Waals surface area contributed by atoms with Crippen LogP contribution in [-0.2, 0) is 9.53 Å².